The summed E-state index contributed by atoms with van der Waals surface area (Å²) in [5, 5.41) is -0.128. The first-order valence-electron chi connectivity index (χ1n) is 7.38. The third kappa shape index (κ3) is 2.99. The molecule has 0 spiro atoms. The van der Waals surface area contributed by atoms with Crippen LogP contribution in [0.1, 0.15) is 22.8 Å². The normalized spacial score (nSPS) is 22.1. The number of rotatable bonds is 5. The summed E-state index contributed by atoms with van der Waals surface area (Å²) in [4.78, 5) is 48.1. The summed E-state index contributed by atoms with van der Waals surface area (Å²) >= 11 is 1.59. The average Bonchev–Trinajstić information content (AvgIpc) is 2.56. The standard InChI is InChI=1S/C17H15NO5S/c1-10-7-18-15(21)14(16(18)24-8-10)13(20)6-11-3-2-4-12(5-11)17(22)23-9-19/h2-5,7,9,14,16H,6,8H2,1H3/t14-,16-/m1/s1. The molecule has 7 heteroatoms. The number of β-lactam (4-membered cyclic amide) rings is 1. The molecule has 0 radical (unpaired) electrons. The molecule has 0 saturated carbocycles. The first-order chi connectivity index (χ1) is 11.5. The zero-order valence-corrected chi connectivity index (χ0v) is 13.7. The van der Waals surface area contributed by atoms with Crippen LogP contribution in [-0.2, 0) is 25.5 Å². The summed E-state index contributed by atoms with van der Waals surface area (Å²) in [7, 11) is 0. The molecule has 0 N–H and O–H groups in total. The minimum atomic E-state index is -0.770. The molecule has 0 aliphatic carbocycles. The molecule has 2 heterocycles. The zero-order chi connectivity index (χ0) is 17.3. The molecule has 1 aromatic rings. The SMILES string of the molecule is CC1=CN2C(=O)[C@@H](C(=O)Cc3cccc(C(=O)OC=O)c3)[C@H]2SC1. The van der Waals surface area contributed by atoms with Crippen LogP contribution in [0.3, 0.4) is 0 Å². The van der Waals surface area contributed by atoms with E-state index < -0.39 is 11.9 Å². The van der Waals surface area contributed by atoms with Crippen LogP contribution in [0.4, 0.5) is 0 Å². The van der Waals surface area contributed by atoms with E-state index in [1.165, 1.54) is 12.1 Å². The second kappa shape index (κ2) is 6.60. The quantitative estimate of drug-likeness (QED) is 0.349. The second-order valence-electron chi connectivity index (χ2n) is 5.75. The van der Waals surface area contributed by atoms with Crippen molar-refractivity contribution in [2.45, 2.75) is 18.7 Å². The van der Waals surface area contributed by atoms with E-state index in [2.05, 4.69) is 4.74 Å². The van der Waals surface area contributed by atoms with Crippen LogP contribution in [0.2, 0.25) is 0 Å². The lowest BCUT2D eigenvalue weighted by Crippen LogP contribution is -2.61. The summed E-state index contributed by atoms with van der Waals surface area (Å²) in [6, 6.07) is 6.32. The molecule has 3 rings (SSSR count). The molecular formula is C17H15NO5S. The Bertz CT molecular complexity index is 757. The molecule has 2 aliphatic heterocycles. The number of carbonyl (C=O) groups excluding carboxylic acids is 4. The van der Waals surface area contributed by atoms with Gasteiger partial charge in [-0.15, -0.1) is 11.8 Å². The van der Waals surface area contributed by atoms with Gasteiger partial charge in [-0.25, -0.2) is 4.79 Å². The number of nitrogens with zero attached hydrogens (tertiary/aromatic N) is 1. The molecule has 1 aromatic carbocycles. The van der Waals surface area contributed by atoms with Crippen molar-refractivity contribution in [3.63, 3.8) is 0 Å². The molecular weight excluding hydrogens is 330 g/mol. The molecule has 1 fully saturated rings. The highest BCUT2D eigenvalue weighted by molar-refractivity contribution is 8.00. The van der Waals surface area contributed by atoms with E-state index in [4.69, 9.17) is 0 Å². The molecule has 1 amide bonds. The first-order valence-corrected chi connectivity index (χ1v) is 8.43. The van der Waals surface area contributed by atoms with Crippen LogP contribution < -0.4 is 0 Å². The fourth-order valence-electron chi connectivity index (χ4n) is 2.82. The summed E-state index contributed by atoms with van der Waals surface area (Å²) in [5.41, 5.74) is 1.91. The number of Topliss-reactive ketones (excluding diaryl/α,β-unsaturated/α-hetero) is 1. The van der Waals surface area contributed by atoms with Gasteiger partial charge < -0.3 is 9.64 Å². The minimum absolute atomic E-state index is 0.0617. The van der Waals surface area contributed by atoms with Gasteiger partial charge in [0.25, 0.3) is 0 Å². The van der Waals surface area contributed by atoms with Gasteiger partial charge >= 0.3 is 12.4 Å². The van der Waals surface area contributed by atoms with Crippen molar-refractivity contribution < 1.29 is 23.9 Å². The molecule has 124 valence electrons. The smallest absolute Gasteiger partial charge is 0.345 e. The van der Waals surface area contributed by atoms with E-state index in [9.17, 15) is 19.2 Å². The molecule has 1 saturated heterocycles. The monoisotopic (exact) mass is 345 g/mol. The second-order valence-corrected chi connectivity index (χ2v) is 6.85. The highest BCUT2D eigenvalue weighted by Gasteiger charge is 2.51. The number of thioether (sulfide) groups is 1. The molecule has 6 nitrogen and oxygen atoms in total. The molecule has 0 aromatic heterocycles. The fraction of sp³-hybridized carbons (Fsp3) is 0.294. The van der Waals surface area contributed by atoms with Crippen LogP contribution in [-0.4, -0.2) is 40.2 Å². The number of carbonyl (C=O) groups is 4. The summed E-state index contributed by atoms with van der Waals surface area (Å²) in [6.45, 7) is 2.02. The maximum absolute atomic E-state index is 12.5. The Labute approximate surface area is 142 Å². The number of fused-ring (bicyclic) bond motifs is 1. The van der Waals surface area contributed by atoms with Gasteiger partial charge in [-0.3, -0.25) is 14.4 Å². The predicted molar refractivity (Wildman–Crippen MR) is 87.0 cm³/mol. The maximum Gasteiger partial charge on any atom is 0.345 e. The van der Waals surface area contributed by atoms with Gasteiger partial charge in [-0.05, 0) is 30.2 Å². The maximum atomic E-state index is 12.5. The fourth-order valence-corrected chi connectivity index (χ4v) is 4.11. The van der Waals surface area contributed by atoms with E-state index in [-0.39, 0.29) is 35.5 Å². The van der Waals surface area contributed by atoms with Crippen LogP contribution in [0.15, 0.2) is 36.0 Å². The summed E-state index contributed by atoms with van der Waals surface area (Å²) in [5.74, 6) is -0.931. The van der Waals surface area contributed by atoms with Gasteiger partial charge in [0.15, 0.2) is 5.78 Å². The third-order valence-electron chi connectivity index (χ3n) is 3.96. The molecule has 2 atom stereocenters. The Kier molecular flexibility index (Phi) is 4.53. The van der Waals surface area contributed by atoms with Gasteiger partial charge in [0, 0.05) is 18.4 Å². The third-order valence-corrected chi connectivity index (χ3v) is 5.43. The summed E-state index contributed by atoms with van der Waals surface area (Å²) < 4.78 is 4.29. The van der Waals surface area contributed by atoms with E-state index in [0.29, 0.717) is 5.56 Å². The number of hydrogen-bond acceptors (Lipinski definition) is 6. The van der Waals surface area contributed by atoms with Crippen molar-refractivity contribution in [2.75, 3.05) is 5.75 Å². The van der Waals surface area contributed by atoms with Crippen molar-refractivity contribution in [1.29, 1.82) is 0 Å². The molecule has 24 heavy (non-hydrogen) atoms. The largest absolute Gasteiger partial charge is 0.392 e. The van der Waals surface area contributed by atoms with E-state index >= 15 is 0 Å². The Morgan fingerprint density at radius 3 is 2.96 bits per heavy atom. The lowest BCUT2D eigenvalue weighted by molar-refractivity contribution is -0.151. The highest BCUT2D eigenvalue weighted by Crippen LogP contribution is 2.40. The molecule has 2 aliphatic rings. The van der Waals surface area contributed by atoms with Gasteiger partial charge in [0.05, 0.1) is 5.56 Å². The minimum Gasteiger partial charge on any atom is -0.392 e. The van der Waals surface area contributed by atoms with E-state index in [0.717, 1.165) is 11.3 Å². The average molecular weight is 345 g/mol. The van der Waals surface area contributed by atoms with Crippen molar-refractivity contribution in [3.8, 4) is 0 Å². The number of ketones is 1. The Hall–Kier alpha value is -2.41. The van der Waals surface area contributed by atoms with Crippen LogP contribution in [0, 0.1) is 5.92 Å². The van der Waals surface area contributed by atoms with Crippen LogP contribution in [0.5, 0.6) is 0 Å². The topological polar surface area (TPSA) is 80.8 Å². The zero-order valence-electron chi connectivity index (χ0n) is 12.9. The van der Waals surface area contributed by atoms with Crippen molar-refractivity contribution >= 4 is 35.9 Å². The Morgan fingerprint density at radius 1 is 1.42 bits per heavy atom. The lowest BCUT2D eigenvalue weighted by atomic mass is 9.89. The molecule has 0 bridgehead atoms. The predicted octanol–water partition coefficient (Wildman–Crippen LogP) is 1.55. The van der Waals surface area contributed by atoms with Crippen molar-refractivity contribution in [2.24, 2.45) is 5.92 Å². The number of hydrogen-bond donors (Lipinski definition) is 0. The highest BCUT2D eigenvalue weighted by atomic mass is 32.2. The van der Waals surface area contributed by atoms with Crippen LogP contribution in [0.25, 0.3) is 0 Å². The van der Waals surface area contributed by atoms with E-state index in [1.54, 1.807) is 28.8 Å². The van der Waals surface area contributed by atoms with Gasteiger partial charge in [-0.2, -0.15) is 0 Å². The number of amides is 1. The number of esters is 1. The van der Waals surface area contributed by atoms with E-state index in [1.807, 2.05) is 13.1 Å². The van der Waals surface area contributed by atoms with Crippen molar-refractivity contribution in [1.82, 2.24) is 4.90 Å². The Balaban J connectivity index is 1.70. The van der Waals surface area contributed by atoms with Gasteiger partial charge in [0.2, 0.25) is 5.91 Å². The summed E-state index contributed by atoms with van der Waals surface area (Å²) in [6.07, 6.45) is 1.87. The van der Waals surface area contributed by atoms with Crippen LogP contribution >= 0.6 is 11.8 Å². The lowest BCUT2D eigenvalue weighted by Gasteiger charge is -2.46. The van der Waals surface area contributed by atoms with Crippen molar-refractivity contribution in [3.05, 3.63) is 47.2 Å². The van der Waals surface area contributed by atoms with Gasteiger partial charge in [-0.1, -0.05) is 12.1 Å². The number of ether oxygens (including phenoxy) is 1. The Morgan fingerprint density at radius 2 is 2.21 bits per heavy atom. The molecule has 0 unspecified atom stereocenters. The first kappa shape index (κ1) is 16.4. The number of benzene rings is 1. The van der Waals surface area contributed by atoms with Gasteiger partial charge in [0.1, 0.15) is 11.3 Å².